The largest absolute Gasteiger partial charge is 0.489 e. The molecule has 1 aromatic carbocycles. The van der Waals surface area contributed by atoms with E-state index in [1.807, 2.05) is 6.92 Å². The highest BCUT2D eigenvalue weighted by molar-refractivity contribution is 14.1. The Kier molecular flexibility index (Phi) is 4.15. The molecule has 1 fully saturated rings. The summed E-state index contributed by atoms with van der Waals surface area (Å²) in [5.74, 6) is 1.88. The van der Waals surface area contributed by atoms with E-state index in [1.165, 1.54) is 34.6 Å². The van der Waals surface area contributed by atoms with Crippen molar-refractivity contribution in [2.24, 2.45) is 5.92 Å². The minimum atomic E-state index is 0.385. The molecule has 106 valence electrons. The van der Waals surface area contributed by atoms with E-state index in [-0.39, 0.29) is 0 Å². The first kappa shape index (κ1) is 14.1. The maximum absolute atomic E-state index is 6.24. The molecule has 0 saturated heterocycles. The van der Waals surface area contributed by atoms with Crippen molar-refractivity contribution in [1.82, 2.24) is 4.98 Å². The van der Waals surface area contributed by atoms with E-state index in [0.29, 0.717) is 6.10 Å². The summed E-state index contributed by atoms with van der Waals surface area (Å²) in [4.78, 5) is 4.57. The quantitative estimate of drug-likeness (QED) is 0.675. The highest BCUT2D eigenvalue weighted by Crippen LogP contribution is 2.32. The van der Waals surface area contributed by atoms with Crippen LogP contribution < -0.4 is 4.74 Å². The Morgan fingerprint density at radius 3 is 2.60 bits per heavy atom. The number of aromatic nitrogens is 1. The predicted octanol–water partition coefficient (Wildman–Crippen LogP) is 5.11. The van der Waals surface area contributed by atoms with Gasteiger partial charge in [0, 0.05) is 11.1 Å². The van der Waals surface area contributed by atoms with Gasteiger partial charge in [0.15, 0.2) is 0 Å². The van der Waals surface area contributed by atoms with Gasteiger partial charge in [0.1, 0.15) is 5.75 Å². The van der Waals surface area contributed by atoms with Crippen LogP contribution in [0.5, 0.6) is 5.75 Å². The number of halogens is 1. The molecule has 1 aliphatic carbocycles. The van der Waals surface area contributed by atoms with Gasteiger partial charge < -0.3 is 4.74 Å². The number of benzene rings is 1. The normalized spacial score (nSPS) is 22.9. The monoisotopic (exact) mass is 381 g/mol. The number of nitrogens with zero attached hydrogens (tertiary/aromatic N) is 1. The summed E-state index contributed by atoms with van der Waals surface area (Å²) in [6, 6.07) is 8.37. The Labute approximate surface area is 134 Å². The molecule has 20 heavy (non-hydrogen) atoms. The van der Waals surface area contributed by atoms with E-state index in [4.69, 9.17) is 4.74 Å². The van der Waals surface area contributed by atoms with Crippen LogP contribution in [0.15, 0.2) is 24.3 Å². The molecule has 0 amide bonds. The molecule has 3 rings (SSSR count). The van der Waals surface area contributed by atoms with E-state index in [1.54, 1.807) is 0 Å². The summed E-state index contributed by atoms with van der Waals surface area (Å²) < 4.78 is 7.42. The first-order valence-electron chi connectivity index (χ1n) is 7.36. The lowest BCUT2D eigenvalue weighted by Gasteiger charge is -2.27. The average Bonchev–Trinajstić information content (AvgIpc) is 2.44. The van der Waals surface area contributed by atoms with E-state index < -0.39 is 0 Å². The van der Waals surface area contributed by atoms with Crippen LogP contribution in [0.2, 0.25) is 0 Å². The Bertz CT molecular complexity index is 618. The first-order valence-corrected chi connectivity index (χ1v) is 8.44. The van der Waals surface area contributed by atoms with Crippen LogP contribution in [0.25, 0.3) is 10.9 Å². The van der Waals surface area contributed by atoms with Gasteiger partial charge in [-0.1, -0.05) is 6.92 Å². The van der Waals surface area contributed by atoms with Crippen molar-refractivity contribution in [2.75, 3.05) is 0 Å². The third kappa shape index (κ3) is 2.92. The third-order valence-electron chi connectivity index (χ3n) is 4.17. The summed E-state index contributed by atoms with van der Waals surface area (Å²) in [7, 11) is 0. The molecule has 0 N–H and O–H groups in total. The number of fused-ring (bicyclic) bond motifs is 1. The molecule has 0 radical (unpaired) electrons. The Balaban J connectivity index is 1.85. The Morgan fingerprint density at radius 2 is 1.85 bits per heavy atom. The number of ether oxygens (including phenoxy) is 1. The lowest BCUT2D eigenvalue weighted by Crippen LogP contribution is -2.23. The molecule has 0 atom stereocenters. The number of pyridine rings is 1. The van der Waals surface area contributed by atoms with E-state index in [9.17, 15) is 0 Å². The summed E-state index contributed by atoms with van der Waals surface area (Å²) in [5, 5.41) is 1.19. The molecule has 1 saturated carbocycles. The van der Waals surface area contributed by atoms with Gasteiger partial charge in [-0.15, -0.1) is 0 Å². The topological polar surface area (TPSA) is 22.1 Å². The second-order valence-corrected chi connectivity index (χ2v) is 6.98. The van der Waals surface area contributed by atoms with Gasteiger partial charge in [0.25, 0.3) is 0 Å². The zero-order chi connectivity index (χ0) is 14.1. The molecule has 0 bridgehead atoms. The Morgan fingerprint density at radius 1 is 1.10 bits per heavy atom. The lowest BCUT2D eigenvalue weighted by molar-refractivity contribution is 0.135. The van der Waals surface area contributed by atoms with E-state index in [2.05, 4.69) is 58.8 Å². The zero-order valence-electron chi connectivity index (χ0n) is 12.0. The highest BCUT2D eigenvalue weighted by atomic mass is 127. The van der Waals surface area contributed by atoms with Gasteiger partial charge >= 0.3 is 0 Å². The van der Waals surface area contributed by atoms with Gasteiger partial charge in [-0.2, -0.15) is 0 Å². The maximum atomic E-state index is 6.24. The second-order valence-electron chi connectivity index (χ2n) is 5.90. The fourth-order valence-electron chi connectivity index (χ4n) is 2.87. The minimum absolute atomic E-state index is 0.385. The number of rotatable bonds is 2. The zero-order valence-corrected chi connectivity index (χ0v) is 14.2. The van der Waals surface area contributed by atoms with Crippen molar-refractivity contribution in [2.45, 2.75) is 45.6 Å². The minimum Gasteiger partial charge on any atom is -0.489 e. The standard InChI is InChI=1S/C17H20INO/c1-11-3-6-13(7-4-11)20-16-10-9-15-14(17(16)18)8-5-12(2)19-15/h5,8-11,13H,3-4,6-7H2,1-2H3. The SMILES string of the molecule is Cc1ccc2c(I)c(OC3CCC(C)CC3)ccc2n1. The van der Waals surface area contributed by atoms with Crippen LogP contribution in [0.3, 0.4) is 0 Å². The number of aryl methyl sites for hydroxylation is 1. The lowest BCUT2D eigenvalue weighted by atomic mass is 9.89. The van der Waals surface area contributed by atoms with Crippen molar-refractivity contribution in [1.29, 1.82) is 0 Å². The van der Waals surface area contributed by atoms with E-state index in [0.717, 1.165) is 22.9 Å². The van der Waals surface area contributed by atoms with Crippen LogP contribution in [0, 0.1) is 16.4 Å². The van der Waals surface area contributed by atoms with Crippen LogP contribution in [0.1, 0.15) is 38.3 Å². The molecular formula is C17H20INO. The predicted molar refractivity (Wildman–Crippen MR) is 91.2 cm³/mol. The van der Waals surface area contributed by atoms with Gasteiger partial charge in [-0.25, -0.2) is 0 Å². The van der Waals surface area contributed by atoms with Crippen molar-refractivity contribution < 1.29 is 4.74 Å². The van der Waals surface area contributed by atoms with Gasteiger partial charge in [0.05, 0.1) is 15.2 Å². The van der Waals surface area contributed by atoms with Crippen LogP contribution in [-0.2, 0) is 0 Å². The molecule has 2 nitrogen and oxygen atoms in total. The molecule has 2 aromatic rings. The van der Waals surface area contributed by atoms with Crippen LogP contribution in [0.4, 0.5) is 0 Å². The van der Waals surface area contributed by atoms with Crippen molar-refractivity contribution >= 4 is 33.5 Å². The fraction of sp³-hybridized carbons (Fsp3) is 0.471. The molecule has 0 spiro atoms. The maximum Gasteiger partial charge on any atom is 0.133 e. The average molecular weight is 381 g/mol. The van der Waals surface area contributed by atoms with Gasteiger partial charge in [-0.3, -0.25) is 4.98 Å². The molecule has 0 aliphatic heterocycles. The summed E-state index contributed by atoms with van der Waals surface area (Å²) >= 11 is 2.39. The van der Waals surface area contributed by atoms with Gasteiger partial charge in [-0.05, 0) is 85.4 Å². The number of hydrogen-bond acceptors (Lipinski definition) is 2. The van der Waals surface area contributed by atoms with E-state index >= 15 is 0 Å². The van der Waals surface area contributed by atoms with Gasteiger partial charge in [0.2, 0.25) is 0 Å². The molecule has 1 aromatic heterocycles. The third-order valence-corrected chi connectivity index (χ3v) is 5.28. The highest BCUT2D eigenvalue weighted by Gasteiger charge is 2.20. The molecule has 1 aliphatic rings. The van der Waals surface area contributed by atoms with Crippen LogP contribution in [-0.4, -0.2) is 11.1 Å². The molecule has 1 heterocycles. The number of hydrogen-bond donors (Lipinski definition) is 0. The van der Waals surface area contributed by atoms with Crippen molar-refractivity contribution in [3.63, 3.8) is 0 Å². The summed E-state index contributed by atoms with van der Waals surface area (Å²) in [6.45, 7) is 4.36. The fourth-order valence-corrected chi connectivity index (χ4v) is 3.63. The smallest absolute Gasteiger partial charge is 0.133 e. The summed E-state index contributed by atoms with van der Waals surface area (Å²) in [5.41, 5.74) is 2.11. The van der Waals surface area contributed by atoms with Crippen molar-refractivity contribution in [3.05, 3.63) is 33.5 Å². The molecule has 3 heteroatoms. The van der Waals surface area contributed by atoms with Crippen LogP contribution >= 0.6 is 22.6 Å². The molecule has 0 unspecified atom stereocenters. The van der Waals surface area contributed by atoms with Crippen molar-refractivity contribution in [3.8, 4) is 5.75 Å². The molecular weight excluding hydrogens is 361 g/mol. The second kappa shape index (κ2) is 5.88. The first-order chi connectivity index (χ1) is 9.63. The summed E-state index contributed by atoms with van der Waals surface area (Å²) in [6.07, 6.45) is 5.32. The Hall–Kier alpha value is -0.840.